The third kappa shape index (κ3) is 3.37. The van der Waals surface area contributed by atoms with E-state index in [9.17, 15) is 8.42 Å². The molecular formula is C18H17Cl2N3O2S. The van der Waals surface area contributed by atoms with Gasteiger partial charge in [0.2, 0.25) is 0 Å². The fraction of sp³-hybridized carbons (Fsp3) is 0.222. The molecule has 1 aromatic heterocycles. The highest BCUT2D eigenvalue weighted by atomic mass is 35.5. The number of anilines is 1. The first kappa shape index (κ1) is 17.5. The molecule has 136 valence electrons. The lowest BCUT2D eigenvalue weighted by Crippen LogP contribution is -2.30. The fourth-order valence-electron chi connectivity index (χ4n) is 3.24. The number of sulfonamides is 1. The van der Waals surface area contributed by atoms with Gasteiger partial charge in [-0.1, -0.05) is 29.3 Å². The molecule has 2 aromatic carbocycles. The zero-order valence-electron chi connectivity index (χ0n) is 13.8. The molecule has 0 spiro atoms. The van der Waals surface area contributed by atoms with E-state index in [0.29, 0.717) is 5.69 Å². The van der Waals surface area contributed by atoms with E-state index >= 15 is 0 Å². The van der Waals surface area contributed by atoms with Gasteiger partial charge in [0.25, 0.3) is 10.0 Å². The Morgan fingerprint density at radius 2 is 1.62 bits per heavy atom. The summed E-state index contributed by atoms with van der Waals surface area (Å²) in [6.07, 6.45) is 4.36. The second kappa shape index (κ2) is 6.68. The molecule has 3 aromatic rings. The van der Waals surface area contributed by atoms with Gasteiger partial charge in [0, 0.05) is 34.7 Å². The van der Waals surface area contributed by atoms with Gasteiger partial charge in [0.05, 0.1) is 16.1 Å². The minimum absolute atomic E-state index is 0.0324. The zero-order chi connectivity index (χ0) is 18.3. The van der Waals surface area contributed by atoms with Crippen LogP contribution in [-0.2, 0) is 10.0 Å². The van der Waals surface area contributed by atoms with Gasteiger partial charge in [-0.15, -0.1) is 0 Å². The number of nitrogens with zero attached hydrogens (tertiary/aromatic N) is 2. The molecule has 26 heavy (non-hydrogen) atoms. The molecule has 1 saturated heterocycles. The van der Waals surface area contributed by atoms with Crippen LogP contribution in [0, 0.1) is 0 Å². The summed E-state index contributed by atoms with van der Waals surface area (Å²) in [6, 6.07) is 11.8. The van der Waals surface area contributed by atoms with E-state index in [1.165, 1.54) is 31.0 Å². The lowest BCUT2D eigenvalue weighted by Gasteiger charge is -2.20. The maximum Gasteiger partial charge on any atom is 0.261 e. The molecule has 0 amide bonds. The minimum atomic E-state index is -3.78. The number of halogens is 2. The minimum Gasteiger partial charge on any atom is -0.313 e. The Morgan fingerprint density at radius 3 is 2.31 bits per heavy atom. The van der Waals surface area contributed by atoms with E-state index in [2.05, 4.69) is 14.4 Å². The molecule has 0 saturated carbocycles. The third-order valence-corrected chi connectivity index (χ3v) is 6.26. The van der Waals surface area contributed by atoms with Crippen molar-refractivity contribution in [2.45, 2.75) is 17.7 Å². The van der Waals surface area contributed by atoms with E-state index in [1.807, 2.05) is 24.4 Å². The number of rotatable bonds is 4. The predicted octanol–water partition coefficient (Wildman–Crippen LogP) is 4.48. The third-order valence-electron chi connectivity index (χ3n) is 4.46. The van der Waals surface area contributed by atoms with Gasteiger partial charge >= 0.3 is 0 Å². The summed E-state index contributed by atoms with van der Waals surface area (Å²) in [5, 5.41) is 3.87. The van der Waals surface area contributed by atoms with Crippen LogP contribution >= 0.6 is 23.2 Å². The van der Waals surface area contributed by atoms with E-state index in [1.54, 1.807) is 6.07 Å². The summed E-state index contributed by atoms with van der Waals surface area (Å²) in [5.74, 6) is 0. The van der Waals surface area contributed by atoms with Crippen molar-refractivity contribution >= 4 is 49.8 Å². The molecule has 1 aliphatic rings. The smallest absolute Gasteiger partial charge is 0.261 e. The molecule has 0 bridgehead atoms. The Labute approximate surface area is 162 Å². The first-order chi connectivity index (χ1) is 12.4. The Balaban J connectivity index is 1.69. The number of fused-ring (bicyclic) bond motifs is 1. The number of aromatic nitrogens is 1. The molecule has 0 unspecified atom stereocenters. The van der Waals surface area contributed by atoms with Crippen LogP contribution in [0.5, 0.6) is 0 Å². The van der Waals surface area contributed by atoms with Crippen LogP contribution in [0.25, 0.3) is 10.9 Å². The Hall–Kier alpha value is -1.89. The van der Waals surface area contributed by atoms with Crippen molar-refractivity contribution in [1.29, 1.82) is 0 Å². The molecule has 0 aliphatic carbocycles. The summed E-state index contributed by atoms with van der Waals surface area (Å²) in [7, 11) is -3.78. The molecule has 0 atom stereocenters. The zero-order valence-corrected chi connectivity index (χ0v) is 16.2. The first-order valence-electron chi connectivity index (χ1n) is 8.28. The van der Waals surface area contributed by atoms with Crippen LogP contribution in [0.1, 0.15) is 12.8 Å². The van der Waals surface area contributed by atoms with Gasteiger partial charge in [0.1, 0.15) is 0 Å². The second-order valence-corrected chi connectivity index (χ2v) is 8.86. The van der Waals surface area contributed by atoms with Crippen molar-refractivity contribution < 1.29 is 8.42 Å². The van der Waals surface area contributed by atoms with Gasteiger partial charge in [-0.2, -0.15) is 0 Å². The first-order valence-corrected chi connectivity index (χ1v) is 10.5. The largest absolute Gasteiger partial charge is 0.313 e. The summed E-state index contributed by atoms with van der Waals surface area (Å²) in [6.45, 7) is 2.00. The molecule has 0 radical (unpaired) electrons. The number of hydrogen-bond acceptors (Lipinski definition) is 3. The molecule has 8 heteroatoms. The maximum absolute atomic E-state index is 12.7. The molecule has 5 nitrogen and oxygen atoms in total. The van der Waals surface area contributed by atoms with Crippen LogP contribution in [-0.4, -0.2) is 26.2 Å². The van der Waals surface area contributed by atoms with Gasteiger partial charge in [-0.05, 0) is 49.2 Å². The predicted molar refractivity (Wildman–Crippen MR) is 106 cm³/mol. The topological polar surface area (TPSA) is 54.3 Å². The Kier molecular flexibility index (Phi) is 4.50. The summed E-state index contributed by atoms with van der Waals surface area (Å²) in [5.41, 5.74) is 1.46. The van der Waals surface area contributed by atoms with Crippen LogP contribution in [0.4, 0.5) is 5.69 Å². The average Bonchev–Trinajstić information content (AvgIpc) is 3.22. The van der Waals surface area contributed by atoms with Crippen molar-refractivity contribution in [3.8, 4) is 0 Å². The number of nitrogens with one attached hydrogen (secondary N) is 1. The normalized spacial score (nSPS) is 14.9. The highest BCUT2D eigenvalue weighted by Crippen LogP contribution is 2.26. The van der Waals surface area contributed by atoms with E-state index in [-0.39, 0.29) is 14.9 Å². The molecule has 1 N–H and O–H groups in total. The Morgan fingerprint density at radius 1 is 0.923 bits per heavy atom. The number of hydrogen-bond donors (Lipinski definition) is 1. The molecule has 1 aliphatic heterocycles. The van der Waals surface area contributed by atoms with Crippen molar-refractivity contribution in [3.63, 3.8) is 0 Å². The fourth-order valence-corrected chi connectivity index (χ4v) is 5.01. The van der Waals surface area contributed by atoms with Gasteiger partial charge in [-0.3, -0.25) is 9.40 Å². The number of benzene rings is 2. The lowest BCUT2D eigenvalue weighted by atomic mass is 10.2. The van der Waals surface area contributed by atoms with Crippen LogP contribution in [0.3, 0.4) is 0 Å². The summed E-state index contributed by atoms with van der Waals surface area (Å²) in [4.78, 5) is 0.0324. The van der Waals surface area contributed by atoms with Crippen molar-refractivity contribution in [3.05, 3.63) is 58.7 Å². The molecule has 1 fully saturated rings. The lowest BCUT2D eigenvalue weighted by molar-refractivity contribution is 0.601. The van der Waals surface area contributed by atoms with E-state index in [4.69, 9.17) is 23.2 Å². The van der Waals surface area contributed by atoms with Crippen LogP contribution in [0.2, 0.25) is 10.0 Å². The standard InChI is InChI=1S/C18H17Cl2N3O2S/c19-14-9-15(20)11-17(10-14)26(24,25)21-16-4-3-13-5-8-23(18(13)12-16)22-6-1-2-7-22/h3-5,8-12,21H,1-2,6-7H2. The second-order valence-electron chi connectivity index (χ2n) is 6.31. The summed E-state index contributed by atoms with van der Waals surface area (Å²) >= 11 is 11.9. The quantitative estimate of drug-likeness (QED) is 0.690. The molecule has 4 rings (SSSR count). The van der Waals surface area contributed by atoms with Crippen molar-refractivity contribution in [1.82, 2.24) is 4.68 Å². The van der Waals surface area contributed by atoms with Crippen molar-refractivity contribution in [2.75, 3.05) is 22.8 Å². The summed E-state index contributed by atoms with van der Waals surface area (Å²) < 4.78 is 30.1. The molecular weight excluding hydrogens is 393 g/mol. The maximum atomic E-state index is 12.7. The Bertz CT molecular complexity index is 1050. The monoisotopic (exact) mass is 409 g/mol. The average molecular weight is 410 g/mol. The van der Waals surface area contributed by atoms with Gasteiger partial charge < -0.3 is 5.01 Å². The van der Waals surface area contributed by atoms with Gasteiger partial charge in [0.15, 0.2) is 0 Å². The van der Waals surface area contributed by atoms with Crippen LogP contribution in [0.15, 0.2) is 53.6 Å². The van der Waals surface area contributed by atoms with E-state index in [0.717, 1.165) is 24.0 Å². The van der Waals surface area contributed by atoms with Crippen LogP contribution < -0.4 is 9.73 Å². The SMILES string of the molecule is O=S(=O)(Nc1ccc2ccn(N3CCCC3)c2c1)c1cc(Cl)cc(Cl)c1. The highest BCUT2D eigenvalue weighted by molar-refractivity contribution is 7.92. The van der Waals surface area contributed by atoms with Crippen molar-refractivity contribution in [2.24, 2.45) is 0 Å². The van der Waals surface area contributed by atoms with E-state index < -0.39 is 10.0 Å². The highest BCUT2D eigenvalue weighted by Gasteiger charge is 2.18. The molecule has 2 heterocycles. The van der Waals surface area contributed by atoms with Gasteiger partial charge in [-0.25, -0.2) is 8.42 Å².